The summed E-state index contributed by atoms with van der Waals surface area (Å²) >= 11 is 0. The molecule has 3 nitrogen and oxygen atoms in total. The summed E-state index contributed by atoms with van der Waals surface area (Å²) in [6.45, 7) is 8.60. The van der Waals surface area contributed by atoms with Gasteiger partial charge in [0.05, 0.1) is 6.04 Å². The first-order chi connectivity index (χ1) is 12.7. The molecule has 1 aliphatic rings. The van der Waals surface area contributed by atoms with E-state index in [1.54, 1.807) is 0 Å². The first kappa shape index (κ1) is 16.9. The molecule has 2 aromatic carbocycles. The zero-order valence-corrected chi connectivity index (χ0v) is 15.7. The van der Waals surface area contributed by atoms with Crippen LogP contribution in [0.25, 0.3) is 0 Å². The fraction of sp³-hybridized carbons (Fsp3) is 0.304. The van der Waals surface area contributed by atoms with Crippen molar-refractivity contribution in [1.82, 2.24) is 9.58 Å². The molecule has 1 aromatic heterocycles. The van der Waals surface area contributed by atoms with Crippen LogP contribution in [0.1, 0.15) is 28.6 Å². The lowest BCUT2D eigenvalue weighted by atomic mass is 9.96. The number of nitrogens with zero attached hydrogens (tertiary/aromatic N) is 3. The van der Waals surface area contributed by atoms with Gasteiger partial charge in [0, 0.05) is 37.6 Å². The SMILES string of the molecule is Cc1ccc(C)n1N1CCN(C(c2ccccc2)c2ccccc2)CC1. The number of rotatable bonds is 4. The van der Waals surface area contributed by atoms with Crippen LogP contribution < -0.4 is 5.01 Å². The minimum Gasteiger partial charge on any atom is -0.310 e. The summed E-state index contributed by atoms with van der Waals surface area (Å²) in [5, 5.41) is 2.48. The van der Waals surface area contributed by atoms with Crippen molar-refractivity contribution < 1.29 is 0 Å². The Kier molecular flexibility index (Phi) is 4.81. The van der Waals surface area contributed by atoms with Crippen molar-refractivity contribution >= 4 is 0 Å². The monoisotopic (exact) mass is 345 g/mol. The highest BCUT2D eigenvalue weighted by Gasteiger charge is 2.27. The molecule has 1 fully saturated rings. The third kappa shape index (κ3) is 3.27. The van der Waals surface area contributed by atoms with E-state index in [0.717, 1.165) is 26.2 Å². The van der Waals surface area contributed by atoms with Crippen molar-refractivity contribution in [2.24, 2.45) is 0 Å². The average molecular weight is 345 g/mol. The molecule has 2 heterocycles. The fourth-order valence-corrected chi connectivity index (χ4v) is 4.16. The molecule has 3 heteroatoms. The van der Waals surface area contributed by atoms with E-state index in [0.29, 0.717) is 6.04 Å². The van der Waals surface area contributed by atoms with Crippen LogP contribution in [0.4, 0.5) is 0 Å². The van der Waals surface area contributed by atoms with Crippen molar-refractivity contribution in [3.8, 4) is 0 Å². The predicted molar refractivity (Wildman–Crippen MR) is 108 cm³/mol. The first-order valence-electron chi connectivity index (χ1n) is 9.48. The van der Waals surface area contributed by atoms with Gasteiger partial charge in [-0.3, -0.25) is 9.58 Å². The van der Waals surface area contributed by atoms with Crippen molar-refractivity contribution in [2.45, 2.75) is 19.9 Å². The van der Waals surface area contributed by atoms with Gasteiger partial charge in [-0.25, -0.2) is 0 Å². The molecule has 0 spiro atoms. The van der Waals surface area contributed by atoms with Crippen LogP contribution in [0.3, 0.4) is 0 Å². The topological polar surface area (TPSA) is 11.4 Å². The van der Waals surface area contributed by atoms with E-state index >= 15 is 0 Å². The van der Waals surface area contributed by atoms with Gasteiger partial charge in [-0.1, -0.05) is 60.7 Å². The largest absolute Gasteiger partial charge is 0.310 e. The zero-order chi connectivity index (χ0) is 17.9. The number of benzene rings is 2. The molecular formula is C23H27N3. The molecule has 0 atom stereocenters. The highest BCUT2D eigenvalue weighted by Crippen LogP contribution is 2.29. The van der Waals surface area contributed by atoms with E-state index in [-0.39, 0.29) is 0 Å². The summed E-state index contributed by atoms with van der Waals surface area (Å²) in [5.74, 6) is 0. The van der Waals surface area contributed by atoms with Crippen molar-refractivity contribution in [1.29, 1.82) is 0 Å². The lowest BCUT2D eigenvalue weighted by molar-refractivity contribution is 0.197. The Hall–Kier alpha value is -2.52. The maximum Gasteiger partial charge on any atom is 0.0603 e. The fourth-order valence-electron chi connectivity index (χ4n) is 4.16. The molecule has 0 bridgehead atoms. The second-order valence-electron chi connectivity index (χ2n) is 7.14. The highest BCUT2D eigenvalue weighted by molar-refractivity contribution is 5.32. The molecule has 4 rings (SSSR count). The number of aryl methyl sites for hydroxylation is 2. The van der Waals surface area contributed by atoms with Gasteiger partial charge in [-0.2, -0.15) is 0 Å². The maximum atomic E-state index is 2.62. The Morgan fingerprint density at radius 2 is 1.08 bits per heavy atom. The van der Waals surface area contributed by atoms with E-state index in [9.17, 15) is 0 Å². The van der Waals surface area contributed by atoms with Crippen LogP contribution in [0, 0.1) is 13.8 Å². The molecule has 134 valence electrons. The number of hydrogen-bond acceptors (Lipinski definition) is 2. The molecule has 1 aliphatic heterocycles. The number of piperazine rings is 1. The van der Waals surface area contributed by atoms with Crippen molar-refractivity contribution in [3.05, 3.63) is 95.3 Å². The minimum absolute atomic E-state index is 0.325. The Balaban J connectivity index is 1.57. The van der Waals surface area contributed by atoms with Crippen LogP contribution in [-0.2, 0) is 0 Å². The predicted octanol–water partition coefficient (Wildman–Crippen LogP) is 4.15. The molecule has 0 unspecified atom stereocenters. The number of aromatic nitrogens is 1. The Morgan fingerprint density at radius 3 is 1.54 bits per heavy atom. The molecule has 0 saturated carbocycles. The van der Waals surface area contributed by atoms with Crippen LogP contribution in [0.5, 0.6) is 0 Å². The van der Waals surface area contributed by atoms with Gasteiger partial charge in [-0.05, 0) is 37.1 Å². The standard InChI is InChI=1S/C23H27N3/c1-19-13-14-20(2)26(19)25-17-15-24(16-18-25)23(21-9-5-3-6-10-21)22-11-7-4-8-12-22/h3-14,23H,15-18H2,1-2H3. The Labute approximate surface area is 156 Å². The summed E-state index contributed by atoms with van der Waals surface area (Å²) < 4.78 is 2.37. The second kappa shape index (κ2) is 7.38. The van der Waals surface area contributed by atoms with Gasteiger partial charge in [0.2, 0.25) is 0 Å². The molecule has 0 aliphatic carbocycles. The summed E-state index contributed by atoms with van der Waals surface area (Å²) in [5.41, 5.74) is 5.39. The lowest BCUT2D eigenvalue weighted by Gasteiger charge is -2.41. The molecule has 0 radical (unpaired) electrons. The van der Waals surface area contributed by atoms with Gasteiger partial charge in [0.15, 0.2) is 0 Å². The van der Waals surface area contributed by atoms with Crippen molar-refractivity contribution in [3.63, 3.8) is 0 Å². The number of hydrogen-bond donors (Lipinski definition) is 0. The Morgan fingerprint density at radius 1 is 0.615 bits per heavy atom. The van der Waals surface area contributed by atoms with Gasteiger partial charge < -0.3 is 5.01 Å². The van der Waals surface area contributed by atoms with Gasteiger partial charge in [-0.15, -0.1) is 0 Å². The lowest BCUT2D eigenvalue weighted by Crippen LogP contribution is -2.52. The van der Waals surface area contributed by atoms with Gasteiger partial charge in [0.1, 0.15) is 0 Å². The molecular weight excluding hydrogens is 318 g/mol. The van der Waals surface area contributed by atoms with Gasteiger partial charge >= 0.3 is 0 Å². The van der Waals surface area contributed by atoms with Crippen LogP contribution in [0.15, 0.2) is 72.8 Å². The molecule has 26 heavy (non-hydrogen) atoms. The van der Waals surface area contributed by atoms with Gasteiger partial charge in [0.25, 0.3) is 0 Å². The Bertz CT molecular complexity index is 771. The summed E-state index contributed by atoms with van der Waals surface area (Å²) in [7, 11) is 0. The van der Waals surface area contributed by atoms with Crippen molar-refractivity contribution in [2.75, 3.05) is 31.2 Å². The van der Waals surface area contributed by atoms with Crippen LogP contribution in [-0.4, -0.2) is 35.8 Å². The van der Waals surface area contributed by atoms with E-state index in [4.69, 9.17) is 0 Å². The third-order valence-electron chi connectivity index (χ3n) is 5.40. The summed E-state index contributed by atoms with van der Waals surface area (Å²) in [4.78, 5) is 2.62. The molecule has 3 aromatic rings. The van der Waals surface area contributed by atoms with E-state index in [1.165, 1.54) is 22.5 Å². The average Bonchev–Trinajstić information content (AvgIpc) is 3.03. The quantitative estimate of drug-likeness (QED) is 0.704. The van der Waals surface area contributed by atoms with Crippen LogP contribution in [0.2, 0.25) is 0 Å². The van der Waals surface area contributed by atoms with E-state index < -0.39 is 0 Å². The van der Waals surface area contributed by atoms with E-state index in [1.807, 2.05) is 0 Å². The first-order valence-corrected chi connectivity index (χ1v) is 9.48. The van der Waals surface area contributed by atoms with Crippen LogP contribution >= 0.6 is 0 Å². The summed E-state index contributed by atoms with van der Waals surface area (Å²) in [6, 6.07) is 26.5. The zero-order valence-electron chi connectivity index (χ0n) is 15.7. The minimum atomic E-state index is 0.325. The maximum absolute atomic E-state index is 2.62. The normalized spacial score (nSPS) is 15.6. The summed E-state index contributed by atoms with van der Waals surface area (Å²) in [6.07, 6.45) is 0. The third-order valence-corrected chi connectivity index (χ3v) is 5.40. The molecule has 0 N–H and O–H groups in total. The van der Waals surface area contributed by atoms with E-state index in [2.05, 4.69) is 101 Å². The molecule has 0 amide bonds. The molecule has 1 saturated heterocycles. The smallest absolute Gasteiger partial charge is 0.0603 e. The second-order valence-corrected chi connectivity index (χ2v) is 7.14. The highest BCUT2D eigenvalue weighted by atomic mass is 15.6.